The van der Waals surface area contributed by atoms with Crippen LogP contribution in [-0.2, 0) is 9.08 Å². The molecule has 0 fully saturated rings. The first-order chi connectivity index (χ1) is 5.75. The van der Waals surface area contributed by atoms with E-state index in [1.807, 2.05) is 18.2 Å². The summed E-state index contributed by atoms with van der Waals surface area (Å²) in [7, 11) is 0. The highest BCUT2D eigenvalue weighted by molar-refractivity contribution is 6.08. The summed E-state index contributed by atoms with van der Waals surface area (Å²) in [5.41, 5.74) is 0.778. The van der Waals surface area contributed by atoms with E-state index in [2.05, 4.69) is 4.29 Å². The van der Waals surface area contributed by atoms with E-state index < -0.39 is 6.10 Å². The van der Waals surface area contributed by atoms with Crippen molar-refractivity contribution in [1.82, 2.24) is 0 Å². The second-order valence-corrected chi connectivity index (χ2v) is 2.67. The summed E-state index contributed by atoms with van der Waals surface area (Å²) < 4.78 is 4.52. The third-order valence-electron chi connectivity index (χ3n) is 1.56. The fraction of sp³-hybridized carbons (Fsp3) is 0.222. The number of rotatable bonds is 3. The molecule has 1 unspecified atom stereocenters. The Labute approximate surface area is 76.3 Å². The molecular weight excluding hydrogens is 176 g/mol. The van der Waals surface area contributed by atoms with E-state index in [0.717, 1.165) is 5.56 Å². The van der Waals surface area contributed by atoms with Crippen LogP contribution in [0.1, 0.15) is 18.6 Å². The Kier molecular flexibility index (Phi) is 3.26. The Morgan fingerprint density at radius 3 is 2.42 bits per heavy atom. The minimum absolute atomic E-state index is 0.101. The minimum atomic E-state index is -0.645. The van der Waals surface area contributed by atoms with Crippen LogP contribution in [0.5, 0.6) is 0 Å². The normalized spacial score (nSPS) is 12.5. The average molecular weight is 185 g/mol. The van der Waals surface area contributed by atoms with Crippen LogP contribution in [0.15, 0.2) is 30.3 Å². The number of carbonyl (C=O) groups excluding carboxylic acids is 1. The van der Waals surface area contributed by atoms with Crippen molar-refractivity contribution in [3.63, 3.8) is 0 Å². The fourth-order valence-electron chi connectivity index (χ4n) is 0.977. The smallest absolute Gasteiger partial charge is 0.164 e. The van der Waals surface area contributed by atoms with E-state index in [9.17, 15) is 4.79 Å². The molecule has 0 aliphatic carbocycles. The molecule has 0 radical (unpaired) electrons. The molecule has 0 aliphatic heterocycles. The number of hydrogen-bond donors (Lipinski definition) is 0. The Morgan fingerprint density at radius 1 is 1.42 bits per heavy atom. The second-order valence-electron chi connectivity index (χ2n) is 2.49. The Bertz CT molecular complexity index is 258. The Balaban J connectivity index is 2.88. The second kappa shape index (κ2) is 4.24. The predicted molar refractivity (Wildman–Crippen MR) is 46.8 cm³/mol. The van der Waals surface area contributed by atoms with Crippen molar-refractivity contribution in [3.05, 3.63) is 35.9 Å². The lowest BCUT2D eigenvalue weighted by Gasteiger charge is -2.08. The third-order valence-corrected chi connectivity index (χ3v) is 1.74. The zero-order valence-corrected chi connectivity index (χ0v) is 7.41. The molecule has 0 amide bonds. The summed E-state index contributed by atoms with van der Waals surface area (Å²) in [4.78, 5) is 11.0. The quantitative estimate of drug-likeness (QED) is 0.722. The van der Waals surface area contributed by atoms with Gasteiger partial charge in [-0.3, -0.25) is 9.08 Å². The molecule has 1 aromatic rings. The van der Waals surface area contributed by atoms with Crippen LogP contribution >= 0.6 is 11.9 Å². The van der Waals surface area contributed by atoms with Crippen LogP contribution in [0.3, 0.4) is 0 Å². The maximum absolute atomic E-state index is 11.0. The van der Waals surface area contributed by atoms with Crippen LogP contribution in [0.4, 0.5) is 0 Å². The summed E-state index contributed by atoms with van der Waals surface area (Å²) in [5, 5.41) is 0. The van der Waals surface area contributed by atoms with E-state index in [-0.39, 0.29) is 5.78 Å². The summed E-state index contributed by atoms with van der Waals surface area (Å²) in [6, 6.07) is 9.14. The number of halogens is 1. The molecule has 0 aromatic heterocycles. The summed E-state index contributed by atoms with van der Waals surface area (Å²) in [6.07, 6.45) is -0.645. The molecular formula is C9H9ClO2. The van der Waals surface area contributed by atoms with E-state index in [1.54, 1.807) is 12.1 Å². The van der Waals surface area contributed by atoms with Crippen molar-refractivity contribution in [2.24, 2.45) is 0 Å². The monoisotopic (exact) mass is 184 g/mol. The van der Waals surface area contributed by atoms with Crippen molar-refractivity contribution < 1.29 is 9.08 Å². The molecule has 64 valence electrons. The molecule has 0 aliphatic rings. The van der Waals surface area contributed by atoms with Gasteiger partial charge in [0.1, 0.15) is 0 Å². The lowest BCUT2D eigenvalue weighted by molar-refractivity contribution is -0.123. The molecule has 1 rings (SSSR count). The Hall–Kier alpha value is -0.860. The topological polar surface area (TPSA) is 26.3 Å². The Morgan fingerprint density at radius 2 is 2.00 bits per heavy atom. The molecule has 1 atom stereocenters. The van der Waals surface area contributed by atoms with Crippen LogP contribution in [-0.4, -0.2) is 5.78 Å². The minimum Gasteiger partial charge on any atom is -0.297 e. The van der Waals surface area contributed by atoms with Crippen molar-refractivity contribution in [2.45, 2.75) is 13.0 Å². The highest BCUT2D eigenvalue weighted by Crippen LogP contribution is 2.18. The number of Topliss-reactive ketones (excluding diaryl/α,β-unsaturated/α-hetero) is 1. The molecule has 2 nitrogen and oxygen atoms in total. The van der Waals surface area contributed by atoms with Gasteiger partial charge in [0.15, 0.2) is 11.9 Å². The average Bonchev–Trinajstić information content (AvgIpc) is 2.07. The van der Waals surface area contributed by atoms with Crippen molar-refractivity contribution in [3.8, 4) is 0 Å². The van der Waals surface area contributed by atoms with Gasteiger partial charge in [0.25, 0.3) is 0 Å². The van der Waals surface area contributed by atoms with Crippen LogP contribution in [0, 0.1) is 0 Å². The van der Waals surface area contributed by atoms with E-state index in [0.29, 0.717) is 0 Å². The van der Waals surface area contributed by atoms with Gasteiger partial charge in [-0.25, -0.2) is 0 Å². The maximum Gasteiger partial charge on any atom is 0.164 e. The van der Waals surface area contributed by atoms with Crippen molar-refractivity contribution in [2.75, 3.05) is 0 Å². The summed E-state index contributed by atoms with van der Waals surface area (Å²) >= 11 is 5.18. The van der Waals surface area contributed by atoms with Gasteiger partial charge >= 0.3 is 0 Å². The van der Waals surface area contributed by atoms with Crippen molar-refractivity contribution >= 4 is 17.6 Å². The van der Waals surface area contributed by atoms with E-state index in [4.69, 9.17) is 11.9 Å². The maximum atomic E-state index is 11.0. The molecule has 0 saturated heterocycles. The molecule has 1 aromatic carbocycles. The number of carbonyl (C=O) groups is 1. The zero-order valence-electron chi connectivity index (χ0n) is 6.66. The number of hydrogen-bond acceptors (Lipinski definition) is 2. The standard InChI is InChI=1S/C9H9ClO2/c1-7(11)9(12-10)8-5-3-2-4-6-8/h2-6,9H,1H3. The number of benzene rings is 1. The molecule has 0 heterocycles. The largest absolute Gasteiger partial charge is 0.297 e. The van der Waals surface area contributed by atoms with Gasteiger partial charge in [-0.1, -0.05) is 30.3 Å². The predicted octanol–water partition coefficient (Wildman–Crippen LogP) is 2.49. The van der Waals surface area contributed by atoms with Gasteiger partial charge in [-0.15, -0.1) is 0 Å². The van der Waals surface area contributed by atoms with E-state index >= 15 is 0 Å². The van der Waals surface area contributed by atoms with Gasteiger partial charge in [0.05, 0.1) is 11.9 Å². The number of ketones is 1. The summed E-state index contributed by atoms with van der Waals surface area (Å²) in [6.45, 7) is 1.44. The van der Waals surface area contributed by atoms with Gasteiger partial charge in [0.2, 0.25) is 0 Å². The highest BCUT2D eigenvalue weighted by atomic mass is 35.5. The molecule has 0 bridgehead atoms. The highest BCUT2D eigenvalue weighted by Gasteiger charge is 2.15. The first-order valence-corrected chi connectivity index (χ1v) is 3.89. The van der Waals surface area contributed by atoms with Gasteiger partial charge in [-0.05, 0) is 12.5 Å². The fourth-order valence-corrected chi connectivity index (χ4v) is 1.21. The van der Waals surface area contributed by atoms with Gasteiger partial charge in [0, 0.05) is 0 Å². The van der Waals surface area contributed by atoms with Crippen LogP contribution < -0.4 is 0 Å². The summed E-state index contributed by atoms with van der Waals surface area (Å²) in [5.74, 6) is -0.101. The molecule has 0 N–H and O–H groups in total. The molecule has 12 heavy (non-hydrogen) atoms. The van der Waals surface area contributed by atoms with Crippen molar-refractivity contribution in [1.29, 1.82) is 0 Å². The van der Waals surface area contributed by atoms with Crippen LogP contribution in [0.2, 0.25) is 0 Å². The lowest BCUT2D eigenvalue weighted by Crippen LogP contribution is -2.08. The molecule has 0 spiro atoms. The van der Waals surface area contributed by atoms with Gasteiger partial charge < -0.3 is 0 Å². The van der Waals surface area contributed by atoms with E-state index in [1.165, 1.54) is 6.92 Å². The lowest BCUT2D eigenvalue weighted by atomic mass is 10.1. The first-order valence-electron chi connectivity index (χ1n) is 3.58. The third kappa shape index (κ3) is 2.06. The van der Waals surface area contributed by atoms with Gasteiger partial charge in [-0.2, -0.15) is 0 Å². The molecule has 3 heteroatoms. The SMILES string of the molecule is CC(=O)C(OCl)c1ccccc1. The van der Waals surface area contributed by atoms with Crippen LogP contribution in [0.25, 0.3) is 0 Å². The zero-order chi connectivity index (χ0) is 8.97. The first kappa shape index (κ1) is 9.23. The molecule has 0 saturated carbocycles.